The first-order chi connectivity index (χ1) is 10.7. The maximum Gasteiger partial charge on any atom is 0.218 e. The van der Waals surface area contributed by atoms with Crippen LogP contribution in [0.5, 0.6) is 5.75 Å². The van der Waals surface area contributed by atoms with Gasteiger partial charge in [0.1, 0.15) is 5.75 Å². The second kappa shape index (κ2) is 6.02. The number of amides is 1. The molecule has 2 aromatic rings. The van der Waals surface area contributed by atoms with Gasteiger partial charge in [-0.25, -0.2) is 0 Å². The smallest absolute Gasteiger partial charge is 0.218 e. The molecule has 3 rings (SSSR count). The molecule has 1 aliphatic carbocycles. The van der Waals surface area contributed by atoms with Crippen LogP contribution >= 0.6 is 0 Å². The number of ketones is 1. The zero-order chi connectivity index (χ0) is 15.5. The van der Waals surface area contributed by atoms with E-state index in [0.29, 0.717) is 5.75 Å². The predicted octanol–water partition coefficient (Wildman–Crippen LogP) is 2.29. The Morgan fingerprint density at radius 3 is 2.18 bits per heavy atom. The summed E-state index contributed by atoms with van der Waals surface area (Å²) in [6.45, 7) is 0. The van der Waals surface area contributed by atoms with E-state index >= 15 is 0 Å². The lowest BCUT2D eigenvalue weighted by Crippen LogP contribution is -2.54. The number of hydrogen-bond donors (Lipinski definition) is 1. The summed E-state index contributed by atoms with van der Waals surface area (Å²) in [5, 5.41) is 0. The highest BCUT2D eigenvalue weighted by Gasteiger charge is 2.52. The molecule has 0 radical (unpaired) electrons. The molecule has 3 atom stereocenters. The summed E-state index contributed by atoms with van der Waals surface area (Å²) in [5.41, 5.74) is 6.27. The maximum atomic E-state index is 12.4. The summed E-state index contributed by atoms with van der Waals surface area (Å²) in [6.07, 6.45) is -0.498. The molecular weight excluding hydrogens is 278 g/mol. The minimum Gasteiger partial charge on any atom is -0.482 e. The molecule has 0 aliphatic heterocycles. The van der Waals surface area contributed by atoms with Crippen LogP contribution in [-0.2, 0) is 9.59 Å². The quantitative estimate of drug-likeness (QED) is 0.920. The van der Waals surface area contributed by atoms with Crippen molar-refractivity contribution in [3.63, 3.8) is 0 Å². The van der Waals surface area contributed by atoms with E-state index in [1.807, 2.05) is 60.7 Å². The van der Waals surface area contributed by atoms with Gasteiger partial charge in [-0.05, 0) is 17.7 Å². The second-order valence-electron chi connectivity index (χ2n) is 5.47. The Morgan fingerprint density at radius 2 is 1.59 bits per heavy atom. The number of para-hydroxylation sites is 1. The van der Waals surface area contributed by atoms with Gasteiger partial charge < -0.3 is 10.5 Å². The molecule has 0 heterocycles. The lowest BCUT2D eigenvalue weighted by Gasteiger charge is -2.42. The van der Waals surface area contributed by atoms with Gasteiger partial charge in [-0.3, -0.25) is 9.59 Å². The molecular formula is C18H17NO3. The second-order valence-corrected chi connectivity index (χ2v) is 5.47. The van der Waals surface area contributed by atoms with E-state index in [9.17, 15) is 9.59 Å². The maximum absolute atomic E-state index is 12.4. The van der Waals surface area contributed by atoms with Crippen LogP contribution in [0.2, 0.25) is 0 Å². The fraction of sp³-hybridized carbons (Fsp3) is 0.222. The molecule has 112 valence electrons. The van der Waals surface area contributed by atoms with E-state index < -0.39 is 17.9 Å². The van der Waals surface area contributed by atoms with Gasteiger partial charge in [-0.1, -0.05) is 48.5 Å². The van der Waals surface area contributed by atoms with Crippen LogP contribution in [0.25, 0.3) is 0 Å². The van der Waals surface area contributed by atoms with Crippen LogP contribution in [0.3, 0.4) is 0 Å². The molecule has 0 aromatic heterocycles. The van der Waals surface area contributed by atoms with Crippen LogP contribution < -0.4 is 10.5 Å². The summed E-state index contributed by atoms with van der Waals surface area (Å²) in [7, 11) is 0. The Bertz CT molecular complexity index is 669. The van der Waals surface area contributed by atoms with E-state index in [4.69, 9.17) is 10.5 Å². The number of rotatable bonds is 5. The SMILES string of the molecule is NC(=O)CC1C(=O)[C@@H](Oc2ccccc2)[C@H]1c1ccccc1. The number of carbonyl (C=O) groups is 2. The monoisotopic (exact) mass is 295 g/mol. The molecule has 4 heteroatoms. The van der Waals surface area contributed by atoms with Gasteiger partial charge in [0.05, 0.1) is 0 Å². The van der Waals surface area contributed by atoms with Gasteiger partial charge in [-0.15, -0.1) is 0 Å². The standard InChI is InChI=1S/C18H17NO3/c19-15(20)11-14-16(12-7-3-1-4-8-12)18(17(14)21)22-13-9-5-2-6-10-13/h1-10,14,16,18H,11H2,(H2,19,20)/t14?,16-,18-/m0/s1. The number of primary amides is 1. The van der Waals surface area contributed by atoms with E-state index in [1.165, 1.54) is 0 Å². The van der Waals surface area contributed by atoms with Crippen molar-refractivity contribution in [1.82, 2.24) is 0 Å². The molecule has 0 spiro atoms. The van der Waals surface area contributed by atoms with Gasteiger partial charge in [0.15, 0.2) is 11.9 Å². The average molecular weight is 295 g/mol. The number of benzene rings is 2. The number of carbonyl (C=O) groups excluding carboxylic acids is 2. The fourth-order valence-corrected chi connectivity index (χ4v) is 2.96. The van der Waals surface area contributed by atoms with Crippen LogP contribution in [0.4, 0.5) is 0 Å². The van der Waals surface area contributed by atoms with Crippen LogP contribution in [0.1, 0.15) is 17.9 Å². The first-order valence-electron chi connectivity index (χ1n) is 7.25. The predicted molar refractivity (Wildman–Crippen MR) is 82.3 cm³/mol. The first-order valence-corrected chi connectivity index (χ1v) is 7.25. The van der Waals surface area contributed by atoms with Crippen molar-refractivity contribution in [2.45, 2.75) is 18.4 Å². The lowest BCUT2D eigenvalue weighted by molar-refractivity contribution is -0.146. The molecule has 2 aromatic carbocycles. The summed E-state index contributed by atoms with van der Waals surface area (Å²) in [5.74, 6) is -0.400. The number of ether oxygens (including phenoxy) is 1. The highest BCUT2D eigenvalue weighted by molar-refractivity contribution is 5.97. The van der Waals surface area contributed by atoms with Gasteiger partial charge in [0.2, 0.25) is 5.91 Å². The first kappa shape index (κ1) is 14.3. The molecule has 22 heavy (non-hydrogen) atoms. The van der Waals surface area contributed by atoms with Gasteiger partial charge in [0, 0.05) is 18.3 Å². The Balaban J connectivity index is 1.85. The summed E-state index contributed by atoms with van der Waals surface area (Å²) >= 11 is 0. The molecule has 2 N–H and O–H groups in total. The Hall–Kier alpha value is -2.62. The third-order valence-electron chi connectivity index (χ3n) is 4.02. The summed E-state index contributed by atoms with van der Waals surface area (Å²) < 4.78 is 5.84. The minimum absolute atomic E-state index is 0.0588. The zero-order valence-electron chi connectivity index (χ0n) is 12.0. The number of hydrogen-bond acceptors (Lipinski definition) is 3. The topological polar surface area (TPSA) is 69.4 Å². The highest BCUT2D eigenvalue weighted by Crippen LogP contribution is 2.43. The van der Waals surface area contributed by atoms with Crippen molar-refractivity contribution in [2.75, 3.05) is 0 Å². The van der Waals surface area contributed by atoms with E-state index in [0.717, 1.165) is 5.56 Å². The zero-order valence-corrected chi connectivity index (χ0v) is 12.0. The van der Waals surface area contributed by atoms with Crippen LogP contribution in [0, 0.1) is 5.92 Å². The van der Waals surface area contributed by atoms with Crippen LogP contribution in [-0.4, -0.2) is 17.8 Å². The van der Waals surface area contributed by atoms with Crippen molar-refractivity contribution >= 4 is 11.7 Å². The molecule has 1 aliphatic rings. The van der Waals surface area contributed by atoms with E-state index in [2.05, 4.69) is 0 Å². The van der Waals surface area contributed by atoms with Crippen molar-refractivity contribution in [3.05, 3.63) is 66.2 Å². The molecule has 1 unspecified atom stereocenters. The van der Waals surface area contributed by atoms with Crippen molar-refractivity contribution in [3.8, 4) is 5.75 Å². The largest absolute Gasteiger partial charge is 0.482 e. The molecule has 1 fully saturated rings. The Kier molecular flexibility index (Phi) is 3.92. The third-order valence-corrected chi connectivity index (χ3v) is 4.02. The minimum atomic E-state index is -0.561. The van der Waals surface area contributed by atoms with E-state index in [-0.39, 0.29) is 18.1 Å². The van der Waals surface area contributed by atoms with Gasteiger partial charge in [-0.2, -0.15) is 0 Å². The molecule has 1 saturated carbocycles. The third kappa shape index (κ3) is 2.72. The van der Waals surface area contributed by atoms with Crippen LogP contribution in [0.15, 0.2) is 60.7 Å². The summed E-state index contributed by atoms with van der Waals surface area (Å²) in [6, 6.07) is 18.9. The van der Waals surface area contributed by atoms with Gasteiger partial charge in [0.25, 0.3) is 0 Å². The summed E-state index contributed by atoms with van der Waals surface area (Å²) in [4.78, 5) is 23.6. The molecule has 4 nitrogen and oxygen atoms in total. The van der Waals surface area contributed by atoms with E-state index in [1.54, 1.807) is 0 Å². The Labute approximate surface area is 128 Å². The normalized spacial score (nSPS) is 23.6. The molecule has 0 bridgehead atoms. The average Bonchev–Trinajstić information content (AvgIpc) is 2.55. The Morgan fingerprint density at radius 1 is 1.00 bits per heavy atom. The van der Waals surface area contributed by atoms with Gasteiger partial charge >= 0.3 is 0 Å². The fourth-order valence-electron chi connectivity index (χ4n) is 2.96. The number of Topliss-reactive ketones (excluding diaryl/α,β-unsaturated/α-hetero) is 1. The lowest BCUT2D eigenvalue weighted by atomic mass is 9.65. The van der Waals surface area contributed by atoms with Crippen molar-refractivity contribution in [2.24, 2.45) is 11.7 Å². The molecule has 0 saturated heterocycles. The number of nitrogens with two attached hydrogens (primary N) is 1. The van der Waals surface area contributed by atoms with Crippen molar-refractivity contribution < 1.29 is 14.3 Å². The van der Waals surface area contributed by atoms with Crippen molar-refractivity contribution in [1.29, 1.82) is 0 Å². The highest BCUT2D eigenvalue weighted by atomic mass is 16.5. The molecule has 1 amide bonds.